The zero-order valence-electron chi connectivity index (χ0n) is 19.1. The number of esters is 1. The van der Waals surface area contributed by atoms with Crippen LogP contribution in [0.5, 0.6) is 0 Å². The number of aryl methyl sites for hydroxylation is 1. The van der Waals surface area contributed by atoms with E-state index in [9.17, 15) is 18.3 Å². The SMILES string of the molecule is CCOC(=O)c1ccc(S(=O)(=O)c2ccc(CCNC[C@H](O)c3cccc(Cl)c3)cc2)cc1C. The molecule has 0 aromatic heterocycles. The lowest BCUT2D eigenvalue weighted by atomic mass is 10.1. The summed E-state index contributed by atoms with van der Waals surface area (Å²) >= 11 is 5.96. The van der Waals surface area contributed by atoms with Crippen molar-refractivity contribution in [3.63, 3.8) is 0 Å². The van der Waals surface area contributed by atoms with E-state index in [1.165, 1.54) is 18.2 Å². The number of ether oxygens (including phenoxy) is 1. The first-order valence-electron chi connectivity index (χ1n) is 11.0. The van der Waals surface area contributed by atoms with Crippen molar-refractivity contribution in [2.75, 3.05) is 19.7 Å². The molecule has 0 aliphatic heterocycles. The van der Waals surface area contributed by atoms with Crippen LogP contribution in [0.15, 0.2) is 76.5 Å². The molecule has 8 heteroatoms. The van der Waals surface area contributed by atoms with Crippen molar-refractivity contribution in [2.24, 2.45) is 0 Å². The largest absolute Gasteiger partial charge is 0.462 e. The zero-order valence-corrected chi connectivity index (χ0v) is 20.7. The minimum absolute atomic E-state index is 0.127. The normalized spacial score (nSPS) is 12.4. The maximum Gasteiger partial charge on any atom is 0.338 e. The van der Waals surface area contributed by atoms with Gasteiger partial charge in [0.1, 0.15) is 0 Å². The van der Waals surface area contributed by atoms with Gasteiger partial charge < -0.3 is 15.2 Å². The van der Waals surface area contributed by atoms with Gasteiger partial charge in [-0.15, -0.1) is 0 Å². The molecule has 0 amide bonds. The molecule has 6 nitrogen and oxygen atoms in total. The van der Waals surface area contributed by atoms with Gasteiger partial charge in [0, 0.05) is 11.6 Å². The van der Waals surface area contributed by atoms with Crippen LogP contribution in [0.25, 0.3) is 0 Å². The fourth-order valence-corrected chi connectivity index (χ4v) is 5.06. The van der Waals surface area contributed by atoms with Crippen molar-refractivity contribution in [1.82, 2.24) is 5.32 Å². The first kappa shape index (κ1) is 25.9. The predicted molar refractivity (Wildman–Crippen MR) is 132 cm³/mol. The number of rotatable bonds is 10. The van der Waals surface area contributed by atoms with Gasteiger partial charge in [0.25, 0.3) is 0 Å². The number of benzene rings is 3. The Kier molecular flexibility index (Phi) is 8.85. The van der Waals surface area contributed by atoms with E-state index >= 15 is 0 Å². The molecule has 2 N–H and O–H groups in total. The standard InChI is InChI=1S/C26H28ClNO5S/c1-3-33-26(30)24-12-11-23(15-18(24)2)34(31,32)22-9-7-19(8-10-22)13-14-28-17-25(29)20-5-4-6-21(27)16-20/h4-12,15-16,25,28-29H,3,13-14,17H2,1-2H3/t25-/m0/s1. The summed E-state index contributed by atoms with van der Waals surface area (Å²) in [6, 6.07) is 18.2. The van der Waals surface area contributed by atoms with Gasteiger partial charge in [-0.2, -0.15) is 0 Å². The Morgan fingerprint density at radius 2 is 1.76 bits per heavy atom. The summed E-state index contributed by atoms with van der Waals surface area (Å²) in [5.41, 5.74) is 2.61. The Bertz CT molecular complexity index is 1240. The molecule has 3 aromatic carbocycles. The van der Waals surface area contributed by atoms with Gasteiger partial charge in [-0.1, -0.05) is 35.9 Å². The molecular formula is C26H28ClNO5S. The molecular weight excluding hydrogens is 474 g/mol. The van der Waals surface area contributed by atoms with Crippen LogP contribution in [0.3, 0.4) is 0 Å². The number of hydrogen-bond acceptors (Lipinski definition) is 6. The van der Waals surface area contributed by atoms with Gasteiger partial charge >= 0.3 is 5.97 Å². The van der Waals surface area contributed by atoms with Gasteiger partial charge in [-0.05, 0) is 86.0 Å². The second-order valence-electron chi connectivity index (χ2n) is 7.87. The summed E-state index contributed by atoms with van der Waals surface area (Å²) in [5, 5.41) is 14.0. The highest BCUT2D eigenvalue weighted by Gasteiger charge is 2.20. The highest BCUT2D eigenvalue weighted by molar-refractivity contribution is 7.91. The Hall–Kier alpha value is -2.71. The third-order valence-corrected chi connectivity index (χ3v) is 7.40. The third-order valence-electron chi connectivity index (χ3n) is 5.40. The lowest BCUT2D eigenvalue weighted by molar-refractivity contribution is 0.0525. The quantitative estimate of drug-likeness (QED) is 0.313. The minimum atomic E-state index is -3.72. The number of carbonyl (C=O) groups excluding carboxylic acids is 1. The van der Waals surface area contributed by atoms with Crippen LogP contribution in [0.2, 0.25) is 5.02 Å². The average molecular weight is 502 g/mol. The van der Waals surface area contributed by atoms with Crippen molar-refractivity contribution < 1.29 is 23.1 Å². The summed E-state index contributed by atoms with van der Waals surface area (Å²) < 4.78 is 31.1. The van der Waals surface area contributed by atoms with Crippen molar-refractivity contribution >= 4 is 27.4 Å². The average Bonchev–Trinajstić information content (AvgIpc) is 2.82. The van der Waals surface area contributed by atoms with Crippen LogP contribution in [0, 0.1) is 6.92 Å². The number of carbonyl (C=O) groups is 1. The molecule has 0 aliphatic rings. The van der Waals surface area contributed by atoms with Crippen LogP contribution in [0.1, 0.15) is 40.1 Å². The van der Waals surface area contributed by atoms with Gasteiger partial charge in [0.15, 0.2) is 0 Å². The van der Waals surface area contributed by atoms with Crippen molar-refractivity contribution in [1.29, 1.82) is 0 Å². The van der Waals surface area contributed by atoms with Crippen LogP contribution in [0.4, 0.5) is 0 Å². The lowest BCUT2D eigenvalue weighted by Crippen LogP contribution is -2.23. The maximum absolute atomic E-state index is 13.0. The number of aliphatic hydroxyl groups is 1. The van der Waals surface area contributed by atoms with E-state index in [1.54, 1.807) is 56.3 Å². The molecule has 0 unspecified atom stereocenters. The van der Waals surface area contributed by atoms with Gasteiger partial charge in [0.2, 0.25) is 9.84 Å². The fourth-order valence-electron chi connectivity index (χ4n) is 3.52. The van der Waals surface area contributed by atoms with E-state index in [0.29, 0.717) is 35.7 Å². The Labute approximate surface area is 205 Å². The van der Waals surface area contributed by atoms with Crippen LogP contribution in [-0.2, 0) is 21.0 Å². The third kappa shape index (κ3) is 6.45. The van der Waals surface area contributed by atoms with Crippen LogP contribution < -0.4 is 5.32 Å². The zero-order chi connectivity index (χ0) is 24.7. The van der Waals surface area contributed by atoms with Gasteiger partial charge in [-0.3, -0.25) is 0 Å². The highest BCUT2D eigenvalue weighted by Crippen LogP contribution is 2.24. The molecule has 0 saturated heterocycles. The van der Waals surface area contributed by atoms with E-state index in [0.717, 1.165) is 11.1 Å². The van der Waals surface area contributed by atoms with E-state index in [1.807, 2.05) is 6.07 Å². The van der Waals surface area contributed by atoms with Gasteiger partial charge in [-0.25, -0.2) is 13.2 Å². The van der Waals surface area contributed by atoms with Crippen LogP contribution in [-0.4, -0.2) is 39.2 Å². The lowest BCUT2D eigenvalue weighted by Gasteiger charge is -2.13. The Morgan fingerprint density at radius 3 is 2.41 bits per heavy atom. The summed E-state index contributed by atoms with van der Waals surface area (Å²) in [4.78, 5) is 12.3. The molecule has 3 aromatic rings. The van der Waals surface area contributed by atoms with Crippen molar-refractivity contribution in [3.8, 4) is 0 Å². The Morgan fingerprint density at radius 1 is 1.06 bits per heavy atom. The highest BCUT2D eigenvalue weighted by atomic mass is 35.5. The summed E-state index contributed by atoms with van der Waals surface area (Å²) in [7, 11) is -3.72. The fraction of sp³-hybridized carbons (Fsp3) is 0.269. The molecule has 0 radical (unpaired) electrons. The molecule has 0 heterocycles. The summed E-state index contributed by atoms with van der Waals surface area (Å²) in [5.74, 6) is -0.470. The molecule has 3 rings (SSSR count). The van der Waals surface area contributed by atoms with Crippen molar-refractivity contribution in [3.05, 3.63) is 94.0 Å². The number of halogens is 1. The predicted octanol–water partition coefficient (Wildman–Crippen LogP) is 4.52. The van der Waals surface area contributed by atoms with E-state index in [2.05, 4.69) is 5.32 Å². The van der Waals surface area contributed by atoms with Gasteiger partial charge in [0.05, 0.1) is 28.1 Å². The first-order chi connectivity index (χ1) is 16.2. The molecule has 0 spiro atoms. The number of sulfone groups is 1. The molecule has 0 saturated carbocycles. The minimum Gasteiger partial charge on any atom is -0.462 e. The number of aliphatic hydroxyl groups excluding tert-OH is 1. The first-order valence-corrected chi connectivity index (χ1v) is 12.8. The number of hydrogen-bond donors (Lipinski definition) is 2. The molecule has 0 fully saturated rings. The van der Waals surface area contributed by atoms with E-state index < -0.39 is 21.9 Å². The maximum atomic E-state index is 13.0. The summed E-state index contributed by atoms with van der Waals surface area (Å²) in [6.07, 6.45) is 0.0144. The molecule has 0 bridgehead atoms. The van der Waals surface area contributed by atoms with E-state index in [4.69, 9.17) is 16.3 Å². The molecule has 180 valence electrons. The molecule has 34 heavy (non-hydrogen) atoms. The smallest absolute Gasteiger partial charge is 0.338 e. The topological polar surface area (TPSA) is 92.7 Å². The van der Waals surface area contributed by atoms with E-state index in [-0.39, 0.29) is 16.4 Å². The monoisotopic (exact) mass is 501 g/mol. The molecule has 0 aliphatic carbocycles. The number of nitrogens with one attached hydrogen (secondary N) is 1. The molecule has 1 atom stereocenters. The second-order valence-corrected chi connectivity index (χ2v) is 10.3. The van der Waals surface area contributed by atoms with Crippen LogP contribution >= 0.6 is 11.6 Å². The summed E-state index contributed by atoms with van der Waals surface area (Å²) in [6.45, 7) is 4.66. The second kappa shape index (κ2) is 11.6. The van der Waals surface area contributed by atoms with Crippen molar-refractivity contribution in [2.45, 2.75) is 36.2 Å². The Balaban J connectivity index is 1.59.